The van der Waals surface area contributed by atoms with Gasteiger partial charge in [0.1, 0.15) is 18.1 Å². The fraction of sp³-hybridized carbons (Fsp3) is 0.0870. The number of nitro groups is 1. The number of carbonyl (C=O) groups excluding carboxylic acids is 3. The summed E-state index contributed by atoms with van der Waals surface area (Å²) in [6.07, 6.45) is -3.33. The topological polar surface area (TPSA) is 123 Å². The average Bonchev–Trinajstić information content (AvgIpc) is 3.38. The van der Waals surface area contributed by atoms with Crippen LogP contribution in [0.25, 0.3) is 17.4 Å². The highest BCUT2D eigenvalue weighted by Gasteiger charge is 2.37. The Bertz CT molecular complexity index is 1470. The highest BCUT2D eigenvalue weighted by atomic mass is 35.5. The van der Waals surface area contributed by atoms with Gasteiger partial charge in [0, 0.05) is 29.5 Å². The number of anilines is 1. The van der Waals surface area contributed by atoms with E-state index in [9.17, 15) is 37.7 Å². The number of thioether (sulfide) groups is 1. The first-order valence-corrected chi connectivity index (χ1v) is 11.4. The van der Waals surface area contributed by atoms with Crippen LogP contribution in [0.15, 0.2) is 63.9 Å². The number of rotatable bonds is 6. The van der Waals surface area contributed by atoms with E-state index in [0.29, 0.717) is 22.2 Å². The Hall–Kier alpha value is -4.10. The molecule has 1 N–H and O–H groups in total. The summed E-state index contributed by atoms with van der Waals surface area (Å²) in [5.74, 6) is -1.23. The molecule has 3 aromatic rings. The lowest BCUT2D eigenvalue weighted by Crippen LogP contribution is -2.36. The van der Waals surface area contributed by atoms with Gasteiger partial charge < -0.3 is 9.73 Å². The molecule has 1 aromatic heterocycles. The Morgan fingerprint density at radius 3 is 2.59 bits per heavy atom. The Balaban J connectivity index is 1.45. The molecule has 1 aliphatic rings. The van der Waals surface area contributed by atoms with Gasteiger partial charge in [-0.15, -0.1) is 0 Å². The molecule has 1 fully saturated rings. The van der Waals surface area contributed by atoms with E-state index in [-0.39, 0.29) is 32.8 Å². The Kier molecular flexibility index (Phi) is 7.09. The molecule has 0 aliphatic carbocycles. The minimum absolute atomic E-state index is 0.0486. The minimum atomic E-state index is -4.60. The largest absolute Gasteiger partial charge is 0.457 e. The lowest BCUT2D eigenvalue weighted by molar-refractivity contribution is -0.384. The molecular weight excluding hydrogens is 539 g/mol. The third kappa shape index (κ3) is 5.84. The monoisotopic (exact) mass is 551 g/mol. The number of furan rings is 1. The number of nitro benzene ring substituents is 1. The maximum Gasteiger partial charge on any atom is 0.416 e. The van der Waals surface area contributed by atoms with Crippen LogP contribution in [-0.4, -0.2) is 33.4 Å². The maximum atomic E-state index is 12.9. The summed E-state index contributed by atoms with van der Waals surface area (Å²) in [6, 6.07) is 10.8. The lowest BCUT2D eigenvalue weighted by Gasteiger charge is -2.13. The summed E-state index contributed by atoms with van der Waals surface area (Å²) < 4.78 is 44.2. The molecule has 0 radical (unpaired) electrons. The molecule has 0 unspecified atom stereocenters. The molecule has 1 saturated heterocycles. The number of imide groups is 1. The summed E-state index contributed by atoms with van der Waals surface area (Å²) in [5.41, 5.74) is -0.944. The van der Waals surface area contributed by atoms with Crippen molar-refractivity contribution in [3.63, 3.8) is 0 Å². The number of alkyl halides is 3. The Morgan fingerprint density at radius 2 is 1.92 bits per heavy atom. The van der Waals surface area contributed by atoms with Crippen LogP contribution in [0.1, 0.15) is 11.3 Å². The third-order valence-corrected chi connectivity index (χ3v) is 6.20. The zero-order chi connectivity index (χ0) is 26.9. The fourth-order valence-electron chi connectivity index (χ4n) is 3.28. The van der Waals surface area contributed by atoms with E-state index in [1.165, 1.54) is 36.4 Å². The van der Waals surface area contributed by atoms with E-state index in [2.05, 4.69) is 5.32 Å². The van der Waals surface area contributed by atoms with Gasteiger partial charge in [-0.05, 0) is 48.2 Å². The molecule has 1 aliphatic heterocycles. The second-order valence-corrected chi connectivity index (χ2v) is 8.92. The SMILES string of the molecule is O=C(CN1C(=O)SC(=Cc2ccc(-c3ccc([N+](=O)[O-])cc3Cl)o2)C1=O)Nc1cccc(C(F)(F)F)c1. The first-order valence-electron chi connectivity index (χ1n) is 10.2. The van der Waals surface area contributed by atoms with Crippen LogP contribution < -0.4 is 5.32 Å². The highest BCUT2D eigenvalue weighted by Crippen LogP contribution is 2.36. The van der Waals surface area contributed by atoms with Gasteiger partial charge in [-0.1, -0.05) is 17.7 Å². The Morgan fingerprint density at radius 1 is 1.16 bits per heavy atom. The summed E-state index contributed by atoms with van der Waals surface area (Å²) >= 11 is 6.66. The predicted octanol–water partition coefficient (Wildman–Crippen LogP) is 6.20. The minimum Gasteiger partial charge on any atom is -0.457 e. The molecule has 14 heteroatoms. The van der Waals surface area contributed by atoms with Gasteiger partial charge in [0.2, 0.25) is 5.91 Å². The first kappa shape index (κ1) is 26.0. The van der Waals surface area contributed by atoms with Crippen LogP contribution in [0.3, 0.4) is 0 Å². The van der Waals surface area contributed by atoms with Gasteiger partial charge >= 0.3 is 6.18 Å². The summed E-state index contributed by atoms with van der Waals surface area (Å²) in [7, 11) is 0. The lowest BCUT2D eigenvalue weighted by atomic mass is 10.1. The normalized spacial score (nSPS) is 14.9. The molecule has 37 heavy (non-hydrogen) atoms. The van der Waals surface area contributed by atoms with Gasteiger partial charge in [0.25, 0.3) is 16.8 Å². The quantitative estimate of drug-likeness (QED) is 0.220. The zero-order valence-corrected chi connectivity index (χ0v) is 19.8. The number of hydrogen-bond acceptors (Lipinski definition) is 7. The average molecular weight is 552 g/mol. The standard InChI is InChI=1S/C23H13ClF3N3O6S/c24-17-9-14(30(34)35)4-6-16(17)18-7-5-15(36-18)10-19-21(32)29(22(33)37-19)11-20(31)28-13-3-1-2-12(8-13)23(25,26)27/h1-10H,11H2,(H,28,31). The van der Waals surface area contributed by atoms with Crippen LogP contribution in [0.4, 0.5) is 29.3 Å². The number of nitrogens with zero attached hydrogens (tertiary/aromatic N) is 2. The molecule has 0 saturated carbocycles. The van der Waals surface area contributed by atoms with Crippen molar-refractivity contribution in [1.82, 2.24) is 4.90 Å². The van der Waals surface area contributed by atoms with Gasteiger partial charge in [0.05, 0.1) is 20.4 Å². The molecule has 190 valence electrons. The maximum absolute atomic E-state index is 12.9. The second kappa shape index (κ2) is 10.1. The predicted molar refractivity (Wildman–Crippen MR) is 129 cm³/mol. The Labute approximate surface area is 215 Å². The molecule has 4 rings (SSSR count). The van der Waals surface area contributed by atoms with E-state index >= 15 is 0 Å². The van der Waals surface area contributed by atoms with Crippen molar-refractivity contribution >= 4 is 57.9 Å². The van der Waals surface area contributed by atoms with Crippen molar-refractivity contribution in [2.24, 2.45) is 0 Å². The smallest absolute Gasteiger partial charge is 0.416 e. The van der Waals surface area contributed by atoms with Crippen molar-refractivity contribution in [3.05, 3.63) is 86.0 Å². The first-order chi connectivity index (χ1) is 17.4. The van der Waals surface area contributed by atoms with Crippen molar-refractivity contribution in [2.45, 2.75) is 6.18 Å². The van der Waals surface area contributed by atoms with E-state index in [1.54, 1.807) is 0 Å². The van der Waals surface area contributed by atoms with Crippen molar-refractivity contribution in [3.8, 4) is 11.3 Å². The van der Waals surface area contributed by atoms with Crippen LogP contribution in [0.2, 0.25) is 5.02 Å². The number of halogens is 4. The molecule has 0 atom stereocenters. The van der Waals surface area contributed by atoms with E-state index in [0.717, 1.165) is 24.3 Å². The molecule has 2 heterocycles. The van der Waals surface area contributed by atoms with Gasteiger partial charge in [-0.3, -0.25) is 29.4 Å². The van der Waals surface area contributed by atoms with Gasteiger partial charge in [0.15, 0.2) is 0 Å². The molecular formula is C23H13ClF3N3O6S. The fourth-order valence-corrected chi connectivity index (χ4v) is 4.36. The summed E-state index contributed by atoms with van der Waals surface area (Å²) in [4.78, 5) is 48.2. The molecule has 3 amide bonds. The number of hydrogen-bond donors (Lipinski definition) is 1. The molecule has 0 spiro atoms. The van der Waals surface area contributed by atoms with Gasteiger partial charge in [-0.25, -0.2) is 0 Å². The molecule has 0 bridgehead atoms. The third-order valence-electron chi connectivity index (χ3n) is 4.98. The summed E-state index contributed by atoms with van der Waals surface area (Å²) in [6.45, 7) is -0.708. The highest BCUT2D eigenvalue weighted by molar-refractivity contribution is 8.18. The second-order valence-electron chi connectivity index (χ2n) is 7.52. The van der Waals surface area contributed by atoms with Crippen LogP contribution in [0, 0.1) is 10.1 Å². The van der Waals surface area contributed by atoms with Crippen molar-refractivity contribution in [2.75, 3.05) is 11.9 Å². The van der Waals surface area contributed by atoms with Crippen LogP contribution in [-0.2, 0) is 15.8 Å². The van der Waals surface area contributed by atoms with Crippen molar-refractivity contribution in [1.29, 1.82) is 0 Å². The van der Waals surface area contributed by atoms with E-state index in [1.807, 2.05) is 0 Å². The number of nitrogens with one attached hydrogen (secondary N) is 1. The zero-order valence-electron chi connectivity index (χ0n) is 18.2. The summed E-state index contributed by atoms with van der Waals surface area (Å²) in [5, 5.41) is 12.4. The van der Waals surface area contributed by atoms with Gasteiger partial charge in [-0.2, -0.15) is 13.2 Å². The van der Waals surface area contributed by atoms with Crippen molar-refractivity contribution < 1.29 is 36.9 Å². The van der Waals surface area contributed by atoms with E-state index in [4.69, 9.17) is 16.0 Å². The number of benzene rings is 2. The van der Waals surface area contributed by atoms with Crippen LogP contribution >= 0.6 is 23.4 Å². The van der Waals surface area contributed by atoms with E-state index < -0.39 is 40.3 Å². The molecule has 9 nitrogen and oxygen atoms in total. The molecule has 2 aromatic carbocycles. The van der Waals surface area contributed by atoms with Crippen LogP contribution in [0.5, 0.6) is 0 Å². The number of amides is 3. The number of non-ortho nitro benzene ring substituents is 1. The number of carbonyl (C=O) groups is 3.